The predicted molar refractivity (Wildman–Crippen MR) is 140 cm³/mol. The summed E-state index contributed by atoms with van der Waals surface area (Å²) in [5, 5.41) is 10.8. The van der Waals surface area contributed by atoms with E-state index in [4.69, 9.17) is 19.9 Å². The van der Waals surface area contributed by atoms with Gasteiger partial charge < -0.3 is 19.9 Å². The van der Waals surface area contributed by atoms with Crippen molar-refractivity contribution < 1.29 is 14.2 Å². The molecule has 0 amide bonds. The Kier molecular flexibility index (Phi) is 6.57. The summed E-state index contributed by atoms with van der Waals surface area (Å²) in [6.45, 7) is 13.5. The summed E-state index contributed by atoms with van der Waals surface area (Å²) in [7, 11) is 0. The molecular weight excluding hydrogens is 460 g/mol. The van der Waals surface area contributed by atoms with E-state index >= 15 is 0 Å². The standard InChI is InChI=1S/C27H34N4O3S/c1-16(2)34-24-9-7-18(12-23(24)28)25-29-30-26(35-25)22-8-6-19-13-31(11-10-21(19)17(22)3)20-14-32-27(4,5)33-15-20/h6-9,12,16,20H,10-11,13-15,28H2,1-5H3. The molecule has 2 N–H and O–H groups in total. The summed E-state index contributed by atoms with van der Waals surface area (Å²) in [6, 6.07) is 10.5. The number of benzene rings is 2. The molecule has 2 aliphatic heterocycles. The van der Waals surface area contributed by atoms with Crippen LogP contribution in [0.2, 0.25) is 0 Å². The largest absolute Gasteiger partial charge is 0.489 e. The van der Waals surface area contributed by atoms with E-state index in [9.17, 15) is 0 Å². The van der Waals surface area contributed by atoms with Crippen LogP contribution in [0.4, 0.5) is 5.69 Å². The van der Waals surface area contributed by atoms with Gasteiger partial charge in [-0.1, -0.05) is 23.5 Å². The fourth-order valence-electron chi connectivity index (χ4n) is 4.79. The van der Waals surface area contributed by atoms with Gasteiger partial charge in [-0.3, -0.25) is 4.90 Å². The predicted octanol–water partition coefficient (Wildman–Crippen LogP) is 5.06. The van der Waals surface area contributed by atoms with E-state index in [2.05, 4.69) is 34.2 Å². The molecule has 1 saturated heterocycles. The van der Waals surface area contributed by atoms with E-state index in [-0.39, 0.29) is 6.10 Å². The van der Waals surface area contributed by atoms with Crippen molar-refractivity contribution >= 4 is 17.0 Å². The van der Waals surface area contributed by atoms with Gasteiger partial charge in [0.1, 0.15) is 15.8 Å². The Bertz CT molecular complexity index is 1210. The van der Waals surface area contributed by atoms with Gasteiger partial charge in [-0.15, -0.1) is 10.2 Å². The molecule has 1 aromatic heterocycles. The fraction of sp³-hybridized carbons (Fsp3) is 0.481. The van der Waals surface area contributed by atoms with Crippen LogP contribution >= 0.6 is 11.3 Å². The lowest BCUT2D eigenvalue weighted by Gasteiger charge is -2.42. The zero-order chi connectivity index (χ0) is 24.7. The van der Waals surface area contributed by atoms with Gasteiger partial charge in [-0.05, 0) is 75.9 Å². The number of nitrogens with zero attached hydrogens (tertiary/aromatic N) is 3. The number of ether oxygens (including phenoxy) is 3. The van der Waals surface area contributed by atoms with Gasteiger partial charge in [0, 0.05) is 24.2 Å². The number of hydrogen-bond acceptors (Lipinski definition) is 8. The number of fused-ring (bicyclic) bond motifs is 1. The molecule has 3 aromatic rings. The van der Waals surface area contributed by atoms with Crippen LogP contribution in [0.5, 0.6) is 5.75 Å². The van der Waals surface area contributed by atoms with Crippen LogP contribution in [0, 0.1) is 6.92 Å². The van der Waals surface area contributed by atoms with Gasteiger partial charge in [0.25, 0.3) is 0 Å². The van der Waals surface area contributed by atoms with Crippen molar-refractivity contribution in [1.82, 2.24) is 15.1 Å². The second-order valence-electron chi connectivity index (χ2n) is 10.1. The highest BCUT2D eigenvalue weighted by molar-refractivity contribution is 7.17. The molecule has 1 fully saturated rings. The highest BCUT2D eigenvalue weighted by Crippen LogP contribution is 2.37. The zero-order valence-corrected chi connectivity index (χ0v) is 21.9. The molecule has 0 atom stereocenters. The van der Waals surface area contributed by atoms with E-state index in [0.717, 1.165) is 40.7 Å². The molecule has 5 rings (SSSR count). The number of aromatic nitrogens is 2. The average Bonchev–Trinajstić information content (AvgIpc) is 3.30. The second-order valence-corrected chi connectivity index (χ2v) is 11.1. The quantitative estimate of drug-likeness (QED) is 0.497. The van der Waals surface area contributed by atoms with Gasteiger partial charge in [0.05, 0.1) is 31.0 Å². The minimum Gasteiger partial charge on any atom is -0.489 e. The molecule has 0 aliphatic carbocycles. The maximum Gasteiger partial charge on any atom is 0.162 e. The molecule has 8 heteroatoms. The molecule has 3 heterocycles. The number of anilines is 1. The topological polar surface area (TPSA) is 82.7 Å². The molecule has 2 aliphatic rings. The first kappa shape index (κ1) is 24.2. The number of nitrogen functional groups attached to an aromatic ring is 1. The molecular formula is C27H34N4O3S. The van der Waals surface area contributed by atoms with Crippen molar-refractivity contribution in [2.75, 3.05) is 25.5 Å². The maximum atomic E-state index is 6.22. The molecule has 186 valence electrons. The van der Waals surface area contributed by atoms with Crippen LogP contribution in [-0.4, -0.2) is 52.8 Å². The Hall–Kier alpha value is -2.52. The molecule has 0 spiro atoms. The van der Waals surface area contributed by atoms with E-state index in [0.29, 0.717) is 30.7 Å². The van der Waals surface area contributed by atoms with Gasteiger partial charge >= 0.3 is 0 Å². The van der Waals surface area contributed by atoms with Crippen LogP contribution in [0.25, 0.3) is 21.1 Å². The van der Waals surface area contributed by atoms with E-state index in [1.54, 1.807) is 11.3 Å². The Balaban J connectivity index is 1.33. The lowest BCUT2D eigenvalue weighted by molar-refractivity contribution is -0.264. The molecule has 0 bridgehead atoms. The normalized spacial score (nSPS) is 18.6. The molecule has 35 heavy (non-hydrogen) atoms. The SMILES string of the molecule is Cc1c(-c2nnc(-c3ccc(OC(C)C)c(N)c3)s2)ccc2c1CCN(C1COC(C)(C)OC1)C2. The Morgan fingerprint density at radius 3 is 2.57 bits per heavy atom. The van der Waals surface area contributed by atoms with Crippen LogP contribution in [-0.2, 0) is 22.4 Å². The second kappa shape index (κ2) is 9.50. The highest BCUT2D eigenvalue weighted by Gasteiger charge is 2.33. The average molecular weight is 495 g/mol. The summed E-state index contributed by atoms with van der Waals surface area (Å²) >= 11 is 1.59. The van der Waals surface area contributed by atoms with Crippen LogP contribution in [0.1, 0.15) is 44.4 Å². The third-order valence-electron chi connectivity index (χ3n) is 6.76. The summed E-state index contributed by atoms with van der Waals surface area (Å²) in [5.41, 5.74) is 13.0. The van der Waals surface area contributed by atoms with Gasteiger partial charge in [0.2, 0.25) is 0 Å². The number of nitrogens with two attached hydrogens (primary N) is 1. The molecule has 0 radical (unpaired) electrons. The smallest absolute Gasteiger partial charge is 0.162 e. The van der Waals surface area contributed by atoms with Gasteiger partial charge in [-0.2, -0.15) is 0 Å². The van der Waals surface area contributed by atoms with Crippen molar-refractivity contribution in [3.63, 3.8) is 0 Å². The fourth-order valence-corrected chi connectivity index (χ4v) is 5.71. The van der Waals surface area contributed by atoms with E-state index in [1.807, 2.05) is 45.9 Å². The van der Waals surface area contributed by atoms with E-state index < -0.39 is 5.79 Å². The molecule has 2 aromatic carbocycles. The Morgan fingerprint density at radius 2 is 1.86 bits per heavy atom. The molecule has 7 nitrogen and oxygen atoms in total. The summed E-state index contributed by atoms with van der Waals surface area (Å²) in [4.78, 5) is 2.48. The van der Waals surface area contributed by atoms with Gasteiger partial charge in [-0.25, -0.2) is 0 Å². The van der Waals surface area contributed by atoms with Crippen molar-refractivity contribution in [2.45, 2.75) is 65.5 Å². The monoisotopic (exact) mass is 494 g/mol. The maximum absolute atomic E-state index is 6.22. The van der Waals surface area contributed by atoms with Gasteiger partial charge in [0.15, 0.2) is 5.79 Å². The van der Waals surface area contributed by atoms with E-state index in [1.165, 1.54) is 16.7 Å². The summed E-state index contributed by atoms with van der Waals surface area (Å²) in [5.74, 6) is 0.217. The zero-order valence-electron chi connectivity index (χ0n) is 21.1. The van der Waals surface area contributed by atoms with Crippen LogP contribution in [0.15, 0.2) is 30.3 Å². The lowest BCUT2D eigenvalue weighted by atomic mass is 9.91. The number of hydrogen-bond donors (Lipinski definition) is 1. The van der Waals surface area contributed by atoms with Crippen molar-refractivity contribution in [1.29, 1.82) is 0 Å². The molecule has 0 saturated carbocycles. The Labute approximate surface area is 211 Å². The van der Waals surface area contributed by atoms with Crippen molar-refractivity contribution in [3.8, 4) is 26.9 Å². The van der Waals surface area contributed by atoms with Crippen molar-refractivity contribution in [3.05, 3.63) is 47.0 Å². The third kappa shape index (κ3) is 5.07. The summed E-state index contributed by atoms with van der Waals surface area (Å²) in [6.07, 6.45) is 1.08. The van der Waals surface area contributed by atoms with Crippen molar-refractivity contribution in [2.24, 2.45) is 0 Å². The summed E-state index contributed by atoms with van der Waals surface area (Å²) < 4.78 is 17.6. The first-order valence-corrected chi connectivity index (χ1v) is 13.1. The first-order valence-electron chi connectivity index (χ1n) is 12.2. The number of rotatable bonds is 5. The minimum atomic E-state index is -0.480. The minimum absolute atomic E-state index is 0.0758. The lowest BCUT2D eigenvalue weighted by Crippen LogP contribution is -2.51. The first-order chi connectivity index (χ1) is 16.7. The molecule has 0 unspecified atom stereocenters. The highest BCUT2D eigenvalue weighted by atomic mass is 32.1. The van der Waals surface area contributed by atoms with Crippen LogP contribution in [0.3, 0.4) is 0 Å². The Morgan fingerprint density at radius 1 is 1.11 bits per heavy atom. The van der Waals surface area contributed by atoms with Crippen LogP contribution < -0.4 is 10.5 Å². The third-order valence-corrected chi connectivity index (χ3v) is 7.76.